The zero-order chi connectivity index (χ0) is 12.0. The number of carbonyl (C=O) groups excluding carboxylic acids is 1. The summed E-state index contributed by atoms with van der Waals surface area (Å²) in [6.07, 6.45) is 4.12. The molecule has 1 atom stereocenters. The number of ether oxygens (including phenoxy) is 1. The number of nitrogens with one attached hydrogen (secondary N) is 1. The average molecular weight is 222 g/mol. The van der Waals surface area contributed by atoms with Crippen LogP contribution in [0.4, 0.5) is 0 Å². The van der Waals surface area contributed by atoms with Crippen molar-refractivity contribution in [1.82, 2.24) is 10.3 Å². The van der Waals surface area contributed by atoms with E-state index in [0.717, 1.165) is 6.42 Å². The molecule has 4 nitrogen and oxygen atoms in total. The molecule has 0 spiro atoms. The molecule has 0 saturated carbocycles. The molecule has 0 aromatic carbocycles. The Hall–Kier alpha value is -1.42. The molecule has 0 aliphatic carbocycles. The van der Waals surface area contributed by atoms with E-state index in [1.165, 1.54) is 0 Å². The maximum atomic E-state index is 11.8. The maximum absolute atomic E-state index is 11.8. The van der Waals surface area contributed by atoms with Crippen molar-refractivity contribution in [3.63, 3.8) is 0 Å². The number of hydrogen-bond acceptors (Lipinski definition) is 4. The van der Waals surface area contributed by atoms with Gasteiger partial charge in [-0.25, -0.2) is 0 Å². The van der Waals surface area contributed by atoms with Gasteiger partial charge in [0.15, 0.2) is 5.78 Å². The summed E-state index contributed by atoms with van der Waals surface area (Å²) in [4.78, 5) is 15.8. The van der Waals surface area contributed by atoms with Crippen molar-refractivity contribution in [3.05, 3.63) is 24.0 Å². The minimum absolute atomic E-state index is 0.0250. The first-order valence-electron chi connectivity index (χ1n) is 5.48. The normalized spacial score (nSPS) is 12.2. The molecule has 0 saturated heterocycles. The fourth-order valence-electron chi connectivity index (χ4n) is 1.23. The predicted molar refractivity (Wildman–Crippen MR) is 62.9 cm³/mol. The highest BCUT2D eigenvalue weighted by atomic mass is 16.5. The maximum Gasteiger partial charge on any atom is 0.181 e. The minimum Gasteiger partial charge on any atom is -0.492 e. The van der Waals surface area contributed by atoms with Gasteiger partial charge in [0, 0.05) is 11.8 Å². The van der Waals surface area contributed by atoms with Gasteiger partial charge in [-0.2, -0.15) is 0 Å². The lowest BCUT2D eigenvalue weighted by molar-refractivity contribution is 0.0954. The van der Waals surface area contributed by atoms with Gasteiger partial charge in [-0.15, -0.1) is 0 Å². The third-order valence-electron chi connectivity index (χ3n) is 2.30. The monoisotopic (exact) mass is 222 g/mol. The smallest absolute Gasteiger partial charge is 0.181 e. The zero-order valence-corrected chi connectivity index (χ0v) is 9.99. The Bertz CT molecular complexity index is 353. The zero-order valence-electron chi connectivity index (χ0n) is 9.99. The molecule has 1 rings (SSSR count). The van der Waals surface area contributed by atoms with Gasteiger partial charge in [-0.3, -0.25) is 9.78 Å². The molecule has 0 radical (unpaired) electrons. The van der Waals surface area contributed by atoms with E-state index in [1.807, 2.05) is 13.8 Å². The summed E-state index contributed by atoms with van der Waals surface area (Å²) in [6.45, 7) is 4.49. The topological polar surface area (TPSA) is 51.2 Å². The van der Waals surface area contributed by atoms with Crippen LogP contribution in [0.25, 0.3) is 0 Å². The summed E-state index contributed by atoms with van der Waals surface area (Å²) in [7, 11) is 1.76. The Morgan fingerprint density at radius 1 is 1.56 bits per heavy atom. The fourth-order valence-corrected chi connectivity index (χ4v) is 1.23. The standard InChI is InChI=1S/C12H18N2O2/c1-4-5-16-11-6-10(7-14-8-11)12(15)9(2)13-3/h6-9,13H,4-5H2,1-3H3. The van der Waals surface area contributed by atoms with Crippen LogP contribution in [0.15, 0.2) is 18.5 Å². The van der Waals surface area contributed by atoms with E-state index in [0.29, 0.717) is 17.9 Å². The average Bonchev–Trinajstić information content (AvgIpc) is 2.34. The number of ketones is 1. The Kier molecular flexibility index (Phi) is 4.92. The molecule has 4 heteroatoms. The van der Waals surface area contributed by atoms with Crippen LogP contribution >= 0.6 is 0 Å². The summed E-state index contributed by atoms with van der Waals surface area (Å²) >= 11 is 0. The lowest BCUT2D eigenvalue weighted by Gasteiger charge is -2.10. The van der Waals surface area contributed by atoms with Crippen molar-refractivity contribution in [2.75, 3.05) is 13.7 Å². The first-order valence-corrected chi connectivity index (χ1v) is 5.48. The molecule has 0 bridgehead atoms. The Morgan fingerprint density at radius 2 is 2.31 bits per heavy atom. The van der Waals surface area contributed by atoms with Crippen molar-refractivity contribution in [3.8, 4) is 5.75 Å². The molecule has 16 heavy (non-hydrogen) atoms. The van der Waals surface area contributed by atoms with Crippen molar-refractivity contribution in [2.45, 2.75) is 26.3 Å². The van der Waals surface area contributed by atoms with Crippen LogP contribution in [-0.4, -0.2) is 30.5 Å². The van der Waals surface area contributed by atoms with Gasteiger partial charge in [0.1, 0.15) is 5.75 Å². The molecule has 88 valence electrons. The van der Waals surface area contributed by atoms with E-state index in [9.17, 15) is 4.79 Å². The van der Waals surface area contributed by atoms with Crippen LogP contribution in [0.5, 0.6) is 5.75 Å². The van der Waals surface area contributed by atoms with E-state index < -0.39 is 0 Å². The summed E-state index contributed by atoms with van der Waals surface area (Å²) in [5, 5.41) is 2.91. The molecule has 0 amide bonds. The third-order valence-corrected chi connectivity index (χ3v) is 2.30. The Morgan fingerprint density at radius 3 is 2.94 bits per heavy atom. The molecule has 1 heterocycles. The molecule has 1 unspecified atom stereocenters. The number of Topliss-reactive ketones (excluding diaryl/α,β-unsaturated/α-hetero) is 1. The highest BCUT2D eigenvalue weighted by molar-refractivity contribution is 5.99. The van der Waals surface area contributed by atoms with Crippen LogP contribution in [0.3, 0.4) is 0 Å². The second kappa shape index (κ2) is 6.23. The first kappa shape index (κ1) is 12.6. The number of nitrogens with zero attached hydrogens (tertiary/aromatic N) is 1. The SMILES string of the molecule is CCCOc1cncc(C(=O)C(C)NC)c1. The van der Waals surface area contributed by atoms with E-state index in [4.69, 9.17) is 4.74 Å². The number of aromatic nitrogens is 1. The van der Waals surface area contributed by atoms with Gasteiger partial charge in [0.2, 0.25) is 0 Å². The molecule has 1 aromatic rings. The van der Waals surface area contributed by atoms with Gasteiger partial charge in [0.05, 0.1) is 18.8 Å². The van der Waals surface area contributed by atoms with Gasteiger partial charge < -0.3 is 10.1 Å². The van der Waals surface area contributed by atoms with Crippen molar-refractivity contribution in [2.24, 2.45) is 0 Å². The van der Waals surface area contributed by atoms with Crippen LogP contribution in [0, 0.1) is 0 Å². The van der Waals surface area contributed by atoms with Crippen molar-refractivity contribution < 1.29 is 9.53 Å². The second-order valence-corrected chi connectivity index (χ2v) is 3.63. The highest BCUT2D eigenvalue weighted by Crippen LogP contribution is 2.13. The highest BCUT2D eigenvalue weighted by Gasteiger charge is 2.13. The predicted octanol–water partition coefficient (Wildman–Crippen LogP) is 1.66. The van der Waals surface area contributed by atoms with Crippen LogP contribution in [0.1, 0.15) is 30.6 Å². The Labute approximate surface area is 96.0 Å². The van der Waals surface area contributed by atoms with E-state index >= 15 is 0 Å². The second-order valence-electron chi connectivity index (χ2n) is 3.63. The summed E-state index contributed by atoms with van der Waals surface area (Å²) in [5.41, 5.74) is 0.579. The molecule has 0 aliphatic heterocycles. The van der Waals surface area contributed by atoms with E-state index in [1.54, 1.807) is 25.5 Å². The summed E-state index contributed by atoms with van der Waals surface area (Å²) in [5.74, 6) is 0.674. The van der Waals surface area contributed by atoms with Gasteiger partial charge >= 0.3 is 0 Å². The minimum atomic E-state index is -0.205. The fraction of sp³-hybridized carbons (Fsp3) is 0.500. The first-order chi connectivity index (χ1) is 7.69. The van der Waals surface area contributed by atoms with Crippen molar-refractivity contribution >= 4 is 5.78 Å². The molecular weight excluding hydrogens is 204 g/mol. The quantitative estimate of drug-likeness (QED) is 0.744. The van der Waals surface area contributed by atoms with Gasteiger partial charge in [-0.1, -0.05) is 6.92 Å². The summed E-state index contributed by atoms with van der Waals surface area (Å²) in [6, 6.07) is 1.53. The lowest BCUT2D eigenvalue weighted by atomic mass is 10.1. The summed E-state index contributed by atoms with van der Waals surface area (Å²) < 4.78 is 5.42. The molecule has 1 aromatic heterocycles. The number of likely N-dealkylation sites (N-methyl/N-ethyl adjacent to an activating group) is 1. The Balaban J connectivity index is 2.77. The lowest BCUT2D eigenvalue weighted by Crippen LogP contribution is -2.30. The van der Waals surface area contributed by atoms with E-state index in [2.05, 4.69) is 10.3 Å². The number of hydrogen-bond donors (Lipinski definition) is 1. The largest absolute Gasteiger partial charge is 0.492 e. The number of carbonyl (C=O) groups is 1. The molecule has 0 aliphatic rings. The molecular formula is C12H18N2O2. The number of pyridine rings is 1. The third kappa shape index (κ3) is 3.31. The van der Waals surface area contributed by atoms with Crippen LogP contribution in [0.2, 0.25) is 0 Å². The number of rotatable bonds is 6. The van der Waals surface area contributed by atoms with Crippen LogP contribution in [-0.2, 0) is 0 Å². The van der Waals surface area contributed by atoms with Crippen LogP contribution < -0.4 is 10.1 Å². The van der Waals surface area contributed by atoms with Gasteiger partial charge in [0.25, 0.3) is 0 Å². The van der Waals surface area contributed by atoms with Gasteiger partial charge in [-0.05, 0) is 26.5 Å². The van der Waals surface area contributed by atoms with E-state index in [-0.39, 0.29) is 11.8 Å². The van der Waals surface area contributed by atoms with Crippen molar-refractivity contribution in [1.29, 1.82) is 0 Å². The molecule has 0 fully saturated rings. The molecule has 1 N–H and O–H groups in total.